The second-order valence-corrected chi connectivity index (χ2v) is 8.87. The minimum absolute atomic E-state index is 0.0862. The van der Waals surface area contributed by atoms with Crippen molar-refractivity contribution in [3.63, 3.8) is 0 Å². The van der Waals surface area contributed by atoms with Crippen LogP contribution >= 0.6 is 0 Å². The first kappa shape index (κ1) is 21.0. The quantitative estimate of drug-likeness (QED) is 0.257. The van der Waals surface area contributed by atoms with Crippen molar-refractivity contribution in [3.05, 3.63) is 103 Å². The Labute approximate surface area is 180 Å². The van der Waals surface area contributed by atoms with Crippen LogP contribution in [0.5, 0.6) is 0 Å². The van der Waals surface area contributed by atoms with Gasteiger partial charge in [0.25, 0.3) is 0 Å². The Morgan fingerprint density at radius 2 is 1.29 bits per heavy atom. The van der Waals surface area contributed by atoms with Crippen LogP contribution in [0.25, 0.3) is 10.8 Å². The van der Waals surface area contributed by atoms with Crippen molar-refractivity contribution in [1.29, 1.82) is 0 Å². The molecule has 31 heavy (non-hydrogen) atoms. The number of ether oxygens (including phenoxy) is 1. The largest absolute Gasteiger partial charge is 0.452 e. The van der Waals surface area contributed by atoms with Crippen LogP contribution in [0, 0.1) is 0 Å². The molecule has 0 radical (unpaired) electrons. The van der Waals surface area contributed by atoms with Crippen LogP contribution in [0.2, 0.25) is 0 Å². The SMILES string of the molecule is O=C(OCC(F)(F)F)c1ccc([S+](c2ccccc2)c2ccc3ccccc3c2)cc1. The molecule has 0 aliphatic carbocycles. The van der Waals surface area contributed by atoms with E-state index < -0.39 is 29.6 Å². The second kappa shape index (κ2) is 8.86. The fourth-order valence-corrected chi connectivity index (χ4v) is 5.32. The Morgan fingerprint density at radius 1 is 0.710 bits per heavy atom. The van der Waals surface area contributed by atoms with E-state index in [1.807, 2.05) is 42.5 Å². The van der Waals surface area contributed by atoms with Crippen molar-refractivity contribution in [2.24, 2.45) is 0 Å². The summed E-state index contributed by atoms with van der Waals surface area (Å²) >= 11 is 0. The molecule has 4 aromatic rings. The lowest BCUT2D eigenvalue weighted by Gasteiger charge is -2.10. The molecule has 6 heteroatoms. The van der Waals surface area contributed by atoms with Gasteiger partial charge in [0.2, 0.25) is 0 Å². The summed E-state index contributed by atoms with van der Waals surface area (Å²) in [5.41, 5.74) is 0.0862. The fraction of sp³-hybridized carbons (Fsp3) is 0.0800. The average Bonchev–Trinajstić information content (AvgIpc) is 2.78. The van der Waals surface area contributed by atoms with E-state index in [1.54, 1.807) is 12.1 Å². The lowest BCUT2D eigenvalue weighted by atomic mass is 10.1. The molecule has 0 fully saturated rings. The molecule has 0 bridgehead atoms. The molecular weight excluding hydrogens is 421 g/mol. The van der Waals surface area contributed by atoms with E-state index in [4.69, 9.17) is 0 Å². The number of fused-ring (bicyclic) bond motifs is 1. The van der Waals surface area contributed by atoms with Gasteiger partial charge in [0, 0.05) is 6.07 Å². The number of rotatable bonds is 5. The van der Waals surface area contributed by atoms with Crippen molar-refractivity contribution in [1.82, 2.24) is 0 Å². The first-order valence-corrected chi connectivity index (χ1v) is 10.8. The standard InChI is InChI=1S/C25H18F3O2S/c26-25(27,28)17-30-24(29)19-11-13-22(14-12-19)31(21-8-2-1-3-9-21)23-15-10-18-6-4-5-7-20(18)16-23/h1-16H,17H2/q+1. The third-order valence-electron chi connectivity index (χ3n) is 4.63. The molecule has 0 spiro atoms. The van der Waals surface area contributed by atoms with Crippen LogP contribution in [0.15, 0.2) is 112 Å². The number of carbonyl (C=O) groups excluding carboxylic acids is 1. The van der Waals surface area contributed by atoms with Gasteiger partial charge >= 0.3 is 12.1 Å². The number of hydrogen-bond acceptors (Lipinski definition) is 2. The molecule has 4 rings (SSSR count). The summed E-state index contributed by atoms with van der Waals surface area (Å²) in [7, 11) is -0.442. The monoisotopic (exact) mass is 439 g/mol. The first-order valence-electron chi connectivity index (χ1n) is 9.53. The van der Waals surface area contributed by atoms with Gasteiger partial charge in [-0.25, -0.2) is 4.79 Å². The maximum absolute atomic E-state index is 12.3. The molecule has 4 aromatic carbocycles. The smallest absolute Gasteiger partial charge is 0.422 e. The third-order valence-corrected chi connectivity index (χ3v) is 6.84. The molecular formula is C25H18F3O2S+. The predicted molar refractivity (Wildman–Crippen MR) is 115 cm³/mol. The van der Waals surface area contributed by atoms with Gasteiger partial charge in [0.05, 0.1) is 16.5 Å². The first-order chi connectivity index (χ1) is 14.9. The molecule has 0 amide bonds. The lowest BCUT2D eigenvalue weighted by Crippen LogP contribution is -2.20. The minimum atomic E-state index is -4.55. The van der Waals surface area contributed by atoms with E-state index in [-0.39, 0.29) is 5.56 Å². The van der Waals surface area contributed by atoms with E-state index in [9.17, 15) is 18.0 Å². The maximum atomic E-state index is 12.3. The molecule has 0 aromatic heterocycles. The number of halogens is 3. The minimum Gasteiger partial charge on any atom is -0.452 e. The lowest BCUT2D eigenvalue weighted by molar-refractivity contribution is -0.161. The summed E-state index contributed by atoms with van der Waals surface area (Å²) in [6, 6.07) is 31.0. The van der Waals surface area contributed by atoms with E-state index in [0.29, 0.717) is 0 Å². The summed E-state index contributed by atoms with van der Waals surface area (Å²) < 4.78 is 41.3. The zero-order valence-electron chi connectivity index (χ0n) is 16.3. The van der Waals surface area contributed by atoms with Gasteiger partial charge in [-0.15, -0.1) is 0 Å². The summed E-state index contributed by atoms with van der Waals surface area (Å²) in [4.78, 5) is 15.1. The highest BCUT2D eigenvalue weighted by Crippen LogP contribution is 2.33. The van der Waals surface area contributed by atoms with Crippen molar-refractivity contribution in [3.8, 4) is 0 Å². The number of esters is 1. The molecule has 0 saturated heterocycles. The summed E-state index contributed by atoms with van der Waals surface area (Å²) in [6.07, 6.45) is -4.55. The summed E-state index contributed by atoms with van der Waals surface area (Å²) in [5.74, 6) is -0.992. The molecule has 0 saturated carbocycles. The maximum Gasteiger partial charge on any atom is 0.422 e. The normalized spacial score (nSPS) is 12.5. The van der Waals surface area contributed by atoms with Gasteiger partial charge in [0.1, 0.15) is 0 Å². The van der Waals surface area contributed by atoms with Crippen LogP contribution in [0.1, 0.15) is 10.4 Å². The Hall–Kier alpha value is -3.25. The van der Waals surface area contributed by atoms with Crippen LogP contribution in [0.3, 0.4) is 0 Å². The second-order valence-electron chi connectivity index (χ2n) is 6.84. The highest BCUT2D eigenvalue weighted by molar-refractivity contribution is 7.97. The van der Waals surface area contributed by atoms with E-state index in [2.05, 4.69) is 35.1 Å². The number of benzene rings is 4. The van der Waals surface area contributed by atoms with Crippen molar-refractivity contribution < 1.29 is 22.7 Å². The number of alkyl halides is 3. The Balaban J connectivity index is 1.68. The average molecular weight is 439 g/mol. The molecule has 0 aliphatic heterocycles. The zero-order chi connectivity index (χ0) is 21.8. The molecule has 1 atom stereocenters. The van der Waals surface area contributed by atoms with E-state index >= 15 is 0 Å². The van der Waals surface area contributed by atoms with Gasteiger partial charge in [0.15, 0.2) is 21.3 Å². The van der Waals surface area contributed by atoms with Crippen LogP contribution in [0.4, 0.5) is 13.2 Å². The fourth-order valence-electron chi connectivity index (χ4n) is 3.22. The van der Waals surface area contributed by atoms with E-state index in [0.717, 1.165) is 25.5 Å². The highest BCUT2D eigenvalue weighted by atomic mass is 32.2. The summed E-state index contributed by atoms with van der Waals surface area (Å²) in [6.45, 7) is -1.60. The number of hydrogen-bond donors (Lipinski definition) is 0. The highest BCUT2D eigenvalue weighted by Gasteiger charge is 2.31. The predicted octanol–water partition coefficient (Wildman–Crippen LogP) is 6.65. The van der Waals surface area contributed by atoms with Gasteiger partial charge in [-0.05, 0) is 59.3 Å². The van der Waals surface area contributed by atoms with Gasteiger partial charge < -0.3 is 4.74 Å². The zero-order valence-corrected chi connectivity index (χ0v) is 17.1. The van der Waals surface area contributed by atoms with Crippen LogP contribution in [-0.2, 0) is 15.6 Å². The molecule has 0 N–H and O–H groups in total. The van der Waals surface area contributed by atoms with Gasteiger partial charge in [-0.1, -0.05) is 42.5 Å². The molecule has 1 unspecified atom stereocenters. The Morgan fingerprint density at radius 3 is 1.97 bits per heavy atom. The van der Waals surface area contributed by atoms with Gasteiger partial charge in [-0.2, -0.15) is 13.2 Å². The van der Waals surface area contributed by atoms with Crippen LogP contribution < -0.4 is 0 Å². The molecule has 0 heterocycles. The molecule has 156 valence electrons. The molecule has 0 aliphatic rings. The Bertz CT molecular complexity index is 1190. The van der Waals surface area contributed by atoms with E-state index in [1.165, 1.54) is 12.1 Å². The van der Waals surface area contributed by atoms with Crippen LogP contribution in [-0.4, -0.2) is 18.8 Å². The van der Waals surface area contributed by atoms with Crippen molar-refractivity contribution in [2.75, 3.05) is 6.61 Å². The Kier molecular flexibility index (Phi) is 6.00. The topological polar surface area (TPSA) is 26.3 Å². The summed E-state index contributed by atoms with van der Waals surface area (Å²) in [5, 5.41) is 2.27. The van der Waals surface area contributed by atoms with Gasteiger partial charge in [-0.3, -0.25) is 0 Å². The number of carbonyl (C=O) groups is 1. The van der Waals surface area contributed by atoms with Crippen molar-refractivity contribution in [2.45, 2.75) is 20.9 Å². The third kappa shape index (κ3) is 5.09. The van der Waals surface area contributed by atoms with Crippen molar-refractivity contribution >= 4 is 27.6 Å². The molecule has 2 nitrogen and oxygen atoms in total.